The number of fused-ring (bicyclic) bond motifs is 1. The van der Waals surface area contributed by atoms with E-state index in [0.29, 0.717) is 0 Å². The summed E-state index contributed by atoms with van der Waals surface area (Å²) in [5, 5.41) is 10.6. The van der Waals surface area contributed by atoms with Crippen molar-refractivity contribution >= 4 is 5.65 Å². The highest BCUT2D eigenvalue weighted by atomic mass is 16.3. The maximum absolute atomic E-state index is 10.6. The van der Waals surface area contributed by atoms with Crippen molar-refractivity contribution in [2.45, 2.75) is 13.8 Å². The highest BCUT2D eigenvalue weighted by molar-refractivity contribution is 5.87. The fourth-order valence-corrected chi connectivity index (χ4v) is 4.77. The number of imidazole rings is 1. The van der Waals surface area contributed by atoms with Crippen LogP contribution in [0.1, 0.15) is 11.3 Å². The molecule has 0 amide bonds. The van der Waals surface area contributed by atoms with Crippen molar-refractivity contribution < 1.29 is 5.11 Å². The van der Waals surface area contributed by atoms with Gasteiger partial charge in [-0.1, -0.05) is 48.0 Å². The Morgan fingerprint density at radius 2 is 1.44 bits per heavy atom. The van der Waals surface area contributed by atoms with Crippen LogP contribution in [0.4, 0.5) is 0 Å². The molecule has 4 heteroatoms. The van der Waals surface area contributed by atoms with E-state index in [1.807, 2.05) is 68.7 Å². The molecule has 0 bridgehead atoms. The van der Waals surface area contributed by atoms with E-state index in [4.69, 9.17) is 4.98 Å². The third kappa shape index (κ3) is 3.83. The number of aryl methyl sites for hydroxylation is 2. The maximum Gasteiger partial charge on any atom is 0.145 e. The van der Waals surface area contributed by atoms with Crippen molar-refractivity contribution in [3.05, 3.63) is 121 Å². The molecule has 0 aliphatic carbocycles. The predicted octanol–water partition coefficient (Wildman–Crippen LogP) is 7.72. The standard InChI is InChI=1S/C32H25N3O/c1-21-13-14-30(36)28(17-21)31-22(2)35-16-8-11-27(32(35)34-31)25-18-24(23-9-4-3-5-10-23)19-26(20-25)29-12-6-7-15-33-29/h3-20,36H,1-2H3. The van der Waals surface area contributed by atoms with Gasteiger partial charge in [0.2, 0.25) is 0 Å². The summed E-state index contributed by atoms with van der Waals surface area (Å²) in [6.07, 6.45) is 3.85. The summed E-state index contributed by atoms with van der Waals surface area (Å²) < 4.78 is 2.10. The van der Waals surface area contributed by atoms with E-state index >= 15 is 0 Å². The van der Waals surface area contributed by atoms with Gasteiger partial charge in [-0.15, -0.1) is 0 Å². The monoisotopic (exact) mass is 467 g/mol. The van der Waals surface area contributed by atoms with Gasteiger partial charge in [0.15, 0.2) is 0 Å². The van der Waals surface area contributed by atoms with Gasteiger partial charge in [-0.3, -0.25) is 4.98 Å². The fourth-order valence-electron chi connectivity index (χ4n) is 4.77. The number of nitrogens with zero attached hydrogens (tertiary/aromatic N) is 3. The van der Waals surface area contributed by atoms with E-state index in [-0.39, 0.29) is 5.75 Å². The first kappa shape index (κ1) is 21.8. The van der Waals surface area contributed by atoms with Gasteiger partial charge in [0, 0.05) is 34.8 Å². The summed E-state index contributed by atoms with van der Waals surface area (Å²) >= 11 is 0. The first-order chi connectivity index (χ1) is 17.6. The molecule has 3 aromatic carbocycles. The molecule has 0 unspecified atom stereocenters. The van der Waals surface area contributed by atoms with Crippen LogP contribution in [0.5, 0.6) is 5.75 Å². The van der Waals surface area contributed by atoms with Crippen LogP contribution in [0, 0.1) is 13.8 Å². The number of hydrogen-bond acceptors (Lipinski definition) is 3. The molecule has 0 fully saturated rings. The highest BCUT2D eigenvalue weighted by Gasteiger charge is 2.18. The van der Waals surface area contributed by atoms with Gasteiger partial charge in [0.1, 0.15) is 11.4 Å². The van der Waals surface area contributed by atoms with Gasteiger partial charge >= 0.3 is 0 Å². The number of aromatic hydroxyl groups is 1. The van der Waals surface area contributed by atoms with Crippen molar-refractivity contribution in [1.29, 1.82) is 0 Å². The van der Waals surface area contributed by atoms with Gasteiger partial charge in [-0.2, -0.15) is 0 Å². The summed E-state index contributed by atoms with van der Waals surface area (Å²) in [5.74, 6) is 0.233. The molecular formula is C32H25N3O. The average Bonchev–Trinajstić information content (AvgIpc) is 3.27. The zero-order chi connectivity index (χ0) is 24.6. The van der Waals surface area contributed by atoms with Gasteiger partial charge < -0.3 is 9.51 Å². The highest BCUT2D eigenvalue weighted by Crippen LogP contribution is 2.37. The lowest BCUT2D eigenvalue weighted by Crippen LogP contribution is -1.92. The van der Waals surface area contributed by atoms with Crippen LogP contribution in [0.3, 0.4) is 0 Å². The summed E-state index contributed by atoms with van der Waals surface area (Å²) in [7, 11) is 0. The van der Waals surface area contributed by atoms with E-state index in [1.54, 1.807) is 6.07 Å². The van der Waals surface area contributed by atoms with E-state index in [2.05, 4.69) is 57.9 Å². The SMILES string of the molecule is Cc1ccc(O)c(-c2nc3c(-c4cc(-c5ccccc5)cc(-c5ccccn5)c4)cccn3c2C)c1. The second-order valence-corrected chi connectivity index (χ2v) is 9.06. The molecule has 0 atom stereocenters. The van der Waals surface area contributed by atoms with Crippen LogP contribution in [0.25, 0.3) is 50.4 Å². The first-order valence-electron chi connectivity index (χ1n) is 12.0. The van der Waals surface area contributed by atoms with Gasteiger partial charge in [-0.05, 0) is 85.1 Å². The Hall–Kier alpha value is -4.70. The van der Waals surface area contributed by atoms with Crippen LogP contribution >= 0.6 is 0 Å². The third-order valence-corrected chi connectivity index (χ3v) is 6.61. The van der Waals surface area contributed by atoms with Crippen LogP contribution in [-0.4, -0.2) is 19.5 Å². The lowest BCUT2D eigenvalue weighted by atomic mass is 9.95. The summed E-state index contributed by atoms with van der Waals surface area (Å²) in [5.41, 5.74) is 10.8. The molecule has 3 aromatic heterocycles. The molecule has 0 aliphatic heterocycles. The van der Waals surface area contributed by atoms with Gasteiger partial charge in [0.25, 0.3) is 0 Å². The van der Waals surface area contributed by atoms with Crippen molar-refractivity contribution in [3.8, 4) is 50.5 Å². The Kier molecular flexibility index (Phi) is 5.34. The Balaban J connectivity index is 1.59. The molecule has 6 aromatic rings. The fraction of sp³-hybridized carbons (Fsp3) is 0.0625. The van der Waals surface area contributed by atoms with Gasteiger partial charge in [0.05, 0.1) is 11.4 Å². The predicted molar refractivity (Wildman–Crippen MR) is 146 cm³/mol. The quantitative estimate of drug-likeness (QED) is 0.289. The van der Waals surface area contributed by atoms with Crippen molar-refractivity contribution in [2.75, 3.05) is 0 Å². The summed E-state index contributed by atoms with van der Waals surface area (Å²) in [6, 6.07) is 32.7. The minimum absolute atomic E-state index is 0.233. The molecule has 1 N–H and O–H groups in total. The van der Waals surface area contributed by atoms with E-state index in [1.165, 1.54) is 0 Å². The molecule has 3 heterocycles. The largest absolute Gasteiger partial charge is 0.507 e. The smallest absolute Gasteiger partial charge is 0.145 e. The first-order valence-corrected chi connectivity index (χ1v) is 12.0. The second kappa shape index (κ2) is 8.82. The number of benzene rings is 3. The molecule has 0 radical (unpaired) electrons. The van der Waals surface area contributed by atoms with E-state index in [9.17, 15) is 5.11 Å². The molecule has 174 valence electrons. The lowest BCUT2D eigenvalue weighted by Gasteiger charge is -2.11. The minimum Gasteiger partial charge on any atom is -0.507 e. The summed E-state index contributed by atoms with van der Waals surface area (Å²) in [4.78, 5) is 9.66. The Labute approximate surface area is 210 Å². The van der Waals surface area contributed by atoms with Gasteiger partial charge in [-0.25, -0.2) is 4.98 Å². The second-order valence-electron chi connectivity index (χ2n) is 9.06. The number of rotatable bonds is 4. The van der Waals surface area contributed by atoms with E-state index < -0.39 is 0 Å². The number of phenolic OH excluding ortho intramolecular Hbond substituents is 1. The van der Waals surface area contributed by atoms with Crippen LogP contribution in [-0.2, 0) is 0 Å². The molecule has 0 aliphatic rings. The maximum atomic E-state index is 10.6. The third-order valence-electron chi connectivity index (χ3n) is 6.61. The minimum atomic E-state index is 0.233. The Morgan fingerprint density at radius 3 is 2.25 bits per heavy atom. The van der Waals surface area contributed by atoms with Crippen molar-refractivity contribution in [1.82, 2.24) is 14.4 Å². The number of hydrogen-bond donors (Lipinski definition) is 1. The number of aromatic nitrogens is 3. The van der Waals surface area contributed by atoms with Crippen LogP contribution < -0.4 is 0 Å². The summed E-state index contributed by atoms with van der Waals surface area (Å²) in [6.45, 7) is 4.06. The van der Waals surface area contributed by atoms with Crippen molar-refractivity contribution in [2.24, 2.45) is 0 Å². The molecular weight excluding hydrogens is 442 g/mol. The Morgan fingerprint density at radius 1 is 0.667 bits per heavy atom. The lowest BCUT2D eigenvalue weighted by molar-refractivity contribution is 0.477. The van der Waals surface area contributed by atoms with Crippen molar-refractivity contribution in [3.63, 3.8) is 0 Å². The molecule has 0 spiro atoms. The average molecular weight is 468 g/mol. The molecule has 6 rings (SSSR count). The Bertz CT molecular complexity index is 1650. The molecule has 0 saturated carbocycles. The van der Waals surface area contributed by atoms with Crippen LogP contribution in [0.15, 0.2) is 109 Å². The van der Waals surface area contributed by atoms with Crippen LogP contribution in [0.2, 0.25) is 0 Å². The zero-order valence-corrected chi connectivity index (χ0v) is 20.2. The normalized spacial score (nSPS) is 11.2. The molecule has 36 heavy (non-hydrogen) atoms. The molecule has 4 nitrogen and oxygen atoms in total. The number of phenols is 1. The van der Waals surface area contributed by atoms with E-state index in [0.717, 1.165) is 61.7 Å². The topological polar surface area (TPSA) is 50.4 Å². The number of pyridine rings is 2. The zero-order valence-electron chi connectivity index (χ0n) is 20.2. The molecule has 0 saturated heterocycles.